The summed E-state index contributed by atoms with van der Waals surface area (Å²) in [5.74, 6) is 1.16. The largest absolute Gasteiger partial charge is 0.369 e. The predicted molar refractivity (Wildman–Crippen MR) is 61.4 cm³/mol. The number of hydrogen-bond donors (Lipinski definition) is 1. The minimum Gasteiger partial charge on any atom is -0.369 e. The molecule has 3 heteroatoms. The second-order valence-corrected chi connectivity index (χ2v) is 4.94. The minimum absolute atomic E-state index is 0.102. The summed E-state index contributed by atoms with van der Waals surface area (Å²) in [6.07, 6.45) is 0. The summed E-state index contributed by atoms with van der Waals surface area (Å²) in [7, 11) is 0. The van der Waals surface area contributed by atoms with Gasteiger partial charge in [-0.25, -0.2) is 0 Å². The number of carbonyl (C=O) groups excluding carboxylic acids is 1. The summed E-state index contributed by atoms with van der Waals surface area (Å²) in [6.45, 7) is 3.07. The van der Waals surface area contributed by atoms with Gasteiger partial charge in [0.25, 0.3) is 0 Å². The van der Waals surface area contributed by atoms with Gasteiger partial charge in [-0.15, -0.1) is 0 Å². The fourth-order valence-corrected chi connectivity index (χ4v) is 3.01. The van der Waals surface area contributed by atoms with E-state index >= 15 is 0 Å². The second-order valence-electron chi connectivity index (χ2n) is 4.94. The Bertz CT molecular complexity index is 392. The highest BCUT2D eigenvalue weighted by Gasteiger charge is 2.58. The number of hydrogen-bond acceptors (Lipinski definition) is 2. The van der Waals surface area contributed by atoms with Crippen LogP contribution in [-0.4, -0.2) is 23.9 Å². The van der Waals surface area contributed by atoms with Crippen molar-refractivity contribution in [3.8, 4) is 0 Å². The quantitative estimate of drug-likeness (QED) is 0.814. The molecule has 0 aromatic heterocycles. The van der Waals surface area contributed by atoms with Gasteiger partial charge in [-0.1, -0.05) is 30.3 Å². The van der Waals surface area contributed by atoms with Crippen LogP contribution in [0.25, 0.3) is 0 Å². The van der Waals surface area contributed by atoms with E-state index in [2.05, 4.69) is 29.2 Å². The molecule has 1 saturated carbocycles. The lowest BCUT2D eigenvalue weighted by atomic mass is 10.2. The Morgan fingerprint density at radius 1 is 1.25 bits per heavy atom. The van der Waals surface area contributed by atoms with Crippen LogP contribution < -0.4 is 5.73 Å². The van der Waals surface area contributed by atoms with Crippen molar-refractivity contribution in [2.45, 2.75) is 6.54 Å². The molecule has 1 aliphatic carbocycles. The van der Waals surface area contributed by atoms with Crippen LogP contribution >= 0.6 is 0 Å². The smallest absolute Gasteiger partial charge is 0.221 e. The number of nitrogens with zero attached hydrogens (tertiary/aromatic N) is 1. The lowest BCUT2D eigenvalue weighted by Crippen LogP contribution is -2.28. The molecule has 1 heterocycles. The van der Waals surface area contributed by atoms with Gasteiger partial charge in [0.15, 0.2) is 0 Å². The van der Waals surface area contributed by atoms with Crippen LogP contribution in [0.1, 0.15) is 5.56 Å². The number of nitrogens with two attached hydrogens (primary N) is 1. The minimum atomic E-state index is -0.102. The molecule has 2 fully saturated rings. The van der Waals surface area contributed by atoms with E-state index in [1.807, 2.05) is 6.07 Å². The average Bonchev–Trinajstić information content (AvgIpc) is 2.79. The van der Waals surface area contributed by atoms with Crippen molar-refractivity contribution in [1.29, 1.82) is 0 Å². The highest BCUT2D eigenvalue weighted by atomic mass is 16.1. The molecule has 1 aromatic carbocycles. The summed E-state index contributed by atoms with van der Waals surface area (Å²) in [5.41, 5.74) is 6.68. The molecule has 1 aromatic rings. The molecule has 1 saturated heterocycles. The lowest BCUT2D eigenvalue weighted by Gasteiger charge is -2.18. The number of rotatable bonds is 3. The molecule has 2 aliphatic rings. The van der Waals surface area contributed by atoms with E-state index in [-0.39, 0.29) is 11.8 Å². The number of amides is 1. The van der Waals surface area contributed by atoms with Gasteiger partial charge in [-0.05, 0) is 17.4 Å². The summed E-state index contributed by atoms with van der Waals surface area (Å²) >= 11 is 0. The summed E-state index contributed by atoms with van der Waals surface area (Å²) < 4.78 is 0. The van der Waals surface area contributed by atoms with Crippen molar-refractivity contribution < 1.29 is 4.79 Å². The zero-order valence-electron chi connectivity index (χ0n) is 9.17. The van der Waals surface area contributed by atoms with Gasteiger partial charge in [0.1, 0.15) is 0 Å². The number of primary amides is 1. The number of fused-ring (bicyclic) bond motifs is 1. The summed E-state index contributed by atoms with van der Waals surface area (Å²) in [5, 5.41) is 0. The molecule has 2 N–H and O–H groups in total. The van der Waals surface area contributed by atoms with Crippen LogP contribution in [0, 0.1) is 17.8 Å². The first-order valence-corrected chi connectivity index (χ1v) is 5.81. The van der Waals surface area contributed by atoms with Crippen LogP contribution in [0.5, 0.6) is 0 Å². The van der Waals surface area contributed by atoms with E-state index in [9.17, 15) is 4.79 Å². The van der Waals surface area contributed by atoms with E-state index in [0.717, 1.165) is 19.6 Å². The molecule has 1 unspecified atom stereocenters. The average molecular weight is 216 g/mol. The first-order valence-electron chi connectivity index (χ1n) is 5.81. The van der Waals surface area contributed by atoms with Crippen LogP contribution in [0.3, 0.4) is 0 Å². The lowest BCUT2D eigenvalue weighted by molar-refractivity contribution is -0.120. The Balaban J connectivity index is 1.57. The molecular formula is C13H16N2O. The van der Waals surface area contributed by atoms with E-state index in [4.69, 9.17) is 5.73 Å². The monoisotopic (exact) mass is 216 g/mol. The summed E-state index contributed by atoms with van der Waals surface area (Å²) in [4.78, 5) is 13.5. The third-order valence-electron chi connectivity index (χ3n) is 3.85. The van der Waals surface area contributed by atoms with Crippen LogP contribution in [-0.2, 0) is 11.3 Å². The number of benzene rings is 1. The van der Waals surface area contributed by atoms with Gasteiger partial charge in [0.2, 0.25) is 5.91 Å². The molecule has 0 spiro atoms. The first-order chi connectivity index (χ1) is 7.75. The van der Waals surface area contributed by atoms with E-state index in [1.54, 1.807) is 0 Å². The Morgan fingerprint density at radius 3 is 2.44 bits per heavy atom. The highest BCUT2D eigenvalue weighted by Crippen LogP contribution is 2.51. The highest BCUT2D eigenvalue weighted by molar-refractivity contribution is 5.80. The Labute approximate surface area is 95.2 Å². The predicted octanol–water partition coefficient (Wildman–Crippen LogP) is 0.850. The van der Waals surface area contributed by atoms with E-state index in [1.165, 1.54) is 5.56 Å². The third kappa shape index (κ3) is 1.61. The number of likely N-dealkylation sites (tertiary alicyclic amines) is 1. The van der Waals surface area contributed by atoms with E-state index in [0.29, 0.717) is 11.8 Å². The van der Waals surface area contributed by atoms with Gasteiger partial charge in [-0.2, -0.15) is 0 Å². The van der Waals surface area contributed by atoms with Gasteiger partial charge >= 0.3 is 0 Å². The Morgan fingerprint density at radius 2 is 1.88 bits per heavy atom. The molecule has 84 valence electrons. The van der Waals surface area contributed by atoms with Crippen molar-refractivity contribution >= 4 is 5.91 Å². The Kier molecular flexibility index (Phi) is 2.21. The van der Waals surface area contributed by atoms with Gasteiger partial charge < -0.3 is 5.73 Å². The van der Waals surface area contributed by atoms with Crippen molar-refractivity contribution in [3.05, 3.63) is 35.9 Å². The third-order valence-corrected chi connectivity index (χ3v) is 3.85. The van der Waals surface area contributed by atoms with Crippen molar-refractivity contribution in [1.82, 2.24) is 4.90 Å². The maximum Gasteiger partial charge on any atom is 0.221 e. The van der Waals surface area contributed by atoms with Crippen LogP contribution in [0.4, 0.5) is 0 Å². The zero-order valence-corrected chi connectivity index (χ0v) is 9.17. The molecule has 1 aliphatic heterocycles. The van der Waals surface area contributed by atoms with Gasteiger partial charge in [0.05, 0.1) is 0 Å². The number of carbonyl (C=O) groups is 1. The van der Waals surface area contributed by atoms with Gasteiger partial charge in [0, 0.05) is 25.6 Å². The standard InChI is InChI=1S/C13H16N2O/c14-13(16)12-10-7-15(8-11(10)12)6-9-4-2-1-3-5-9/h1-5,10-12H,6-8H2,(H2,14,16)/t10-,11+,12?. The second kappa shape index (κ2) is 3.59. The molecule has 3 nitrogen and oxygen atoms in total. The molecule has 16 heavy (non-hydrogen) atoms. The molecule has 3 rings (SSSR count). The molecule has 0 radical (unpaired) electrons. The maximum atomic E-state index is 11.0. The summed E-state index contributed by atoms with van der Waals surface area (Å²) in [6, 6.07) is 10.5. The zero-order chi connectivity index (χ0) is 11.1. The van der Waals surface area contributed by atoms with Crippen molar-refractivity contribution in [2.24, 2.45) is 23.5 Å². The van der Waals surface area contributed by atoms with Crippen LogP contribution in [0.2, 0.25) is 0 Å². The molecule has 0 bridgehead atoms. The van der Waals surface area contributed by atoms with Crippen LogP contribution in [0.15, 0.2) is 30.3 Å². The topological polar surface area (TPSA) is 46.3 Å². The molecular weight excluding hydrogens is 200 g/mol. The maximum absolute atomic E-state index is 11.0. The molecule has 3 atom stereocenters. The first kappa shape index (κ1) is 9.85. The fourth-order valence-electron chi connectivity index (χ4n) is 3.01. The van der Waals surface area contributed by atoms with E-state index < -0.39 is 0 Å². The fraction of sp³-hybridized carbons (Fsp3) is 0.462. The SMILES string of the molecule is NC(=O)C1[C@H]2CN(Cc3ccccc3)C[C@@H]12. The van der Waals surface area contributed by atoms with Crippen molar-refractivity contribution in [3.63, 3.8) is 0 Å². The van der Waals surface area contributed by atoms with Gasteiger partial charge in [-0.3, -0.25) is 9.69 Å². The van der Waals surface area contributed by atoms with Crippen molar-refractivity contribution in [2.75, 3.05) is 13.1 Å². The normalized spacial score (nSPS) is 32.4. The number of piperidine rings is 1. The molecule has 1 amide bonds. The Hall–Kier alpha value is -1.35.